The van der Waals surface area contributed by atoms with Crippen molar-refractivity contribution in [2.45, 2.75) is 26.2 Å². The van der Waals surface area contributed by atoms with Crippen LogP contribution in [0.4, 0.5) is 0 Å². The lowest BCUT2D eigenvalue weighted by Gasteiger charge is -1.99. The molecule has 0 aliphatic heterocycles. The van der Waals surface area contributed by atoms with E-state index in [-0.39, 0.29) is 11.2 Å². The Bertz CT molecular complexity index is 607. The molecular weight excluding hydrogens is 296 g/mol. The smallest absolute Gasteiger partial charge is 0.261 e. The number of rotatable bonds is 2. The van der Waals surface area contributed by atoms with E-state index in [0.29, 0.717) is 17.4 Å². The molecule has 0 amide bonds. The molecule has 1 aliphatic carbocycles. The lowest BCUT2D eigenvalue weighted by molar-refractivity contribution is 0.414. The van der Waals surface area contributed by atoms with E-state index in [9.17, 15) is 5.11 Å². The van der Waals surface area contributed by atoms with Gasteiger partial charge in [-0.15, -0.1) is 0 Å². The van der Waals surface area contributed by atoms with Gasteiger partial charge in [-0.25, -0.2) is 0 Å². The second-order valence-electron chi connectivity index (χ2n) is 5.36. The van der Waals surface area contributed by atoms with Crippen LogP contribution < -0.4 is 0 Å². The van der Waals surface area contributed by atoms with Gasteiger partial charge in [-0.3, -0.25) is 0 Å². The molecule has 1 aromatic heterocycles. The molecule has 1 heterocycles. The maximum Gasteiger partial charge on any atom is 0.261 e. The van der Waals surface area contributed by atoms with Crippen molar-refractivity contribution in [3.05, 3.63) is 28.5 Å². The van der Waals surface area contributed by atoms with Crippen LogP contribution in [0.1, 0.15) is 32.0 Å². The van der Waals surface area contributed by atoms with Crippen LogP contribution in [0, 0.1) is 5.41 Å². The molecule has 1 unspecified atom stereocenters. The molecule has 1 fully saturated rings. The average molecular weight is 309 g/mol. The fourth-order valence-corrected chi connectivity index (χ4v) is 2.43. The van der Waals surface area contributed by atoms with E-state index >= 15 is 0 Å². The zero-order chi connectivity index (χ0) is 12.9. The highest BCUT2D eigenvalue weighted by Gasteiger charge is 2.49. The Hall–Kier alpha value is -1.36. The second-order valence-corrected chi connectivity index (χ2v) is 6.28. The standard InChI is InChI=1S/C13H13BrN2O2/c1-13(2)6-9(13)11-15-12(18-16-11)8-4-3-7(14)5-10(8)17/h3-5,9,17H,6H2,1-2H3. The van der Waals surface area contributed by atoms with Crippen molar-refractivity contribution in [2.75, 3.05) is 0 Å². The van der Waals surface area contributed by atoms with E-state index in [2.05, 4.69) is 39.9 Å². The number of hydrogen-bond donors (Lipinski definition) is 1. The predicted octanol–water partition coefficient (Wildman–Crippen LogP) is 3.72. The fourth-order valence-electron chi connectivity index (χ4n) is 2.08. The summed E-state index contributed by atoms with van der Waals surface area (Å²) in [5.41, 5.74) is 0.832. The van der Waals surface area contributed by atoms with Gasteiger partial charge in [0.25, 0.3) is 5.89 Å². The van der Waals surface area contributed by atoms with Crippen LogP contribution in [0.25, 0.3) is 11.5 Å². The maximum atomic E-state index is 9.85. The molecule has 0 saturated heterocycles. The Morgan fingerprint density at radius 1 is 1.44 bits per heavy atom. The number of hydrogen-bond acceptors (Lipinski definition) is 4. The molecule has 1 atom stereocenters. The summed E-state index contributed by atoms with van der Waals surface area (Å²) in [7, 11) is 0. The van der Waals surface area contributed by atoms with Crippen molar-refractivity contribution in [1.29, 1.82) is 0 Å². The molecular formula is C13H13BrN2O2. The van der Waals surface area contributed by atoms with Crippen LogP contribution in [0.3, 0.4) is 0 Å². The van der Waals surface area contributed by atoms with E-state index < -0.39 is 0 Å². The highest BCUT2D eigenvalue weighted by atomic mass is 79.9. The lowest BCUT2D eigenvalue weighted by Crippen LogP contribution is -1.91. The summed E-state index contributed by atoms with van der Waals surface area (Å²) in [5, 5.41) is 13.9. The number of halogens is 1. The molecule has 18 heavy (non-hydrogen) atoms. The van der Waals surface area contributed by atoms with Crippen molar-refractivity contribution >= 4 is 15.9 Å². The number of nitrogens with zero attached hydrogens (tertiary/aromatic N) is 2. The maximum absolute atomic E-state index is 9.85. The molecule has 1 aromatic carbocycles. The first-order valence-corrected chi connectivity index (χ1v) is 6.59. The van der Waals surface area contributed by atoms with Crippen molar-refractivity contribution < 1.29 is 9.63 Å². The fraction of sp³-hybridized carbons (Fsp3) is 0.385. The molecule has 3 rings (SSSR count). The number of aromatic hydroxyl groups is 1. The van der Waals surface area contributed by atoms with Gasteiger partial charge in [-0.05, 0) is 30.0 Å². The Kier molecular flexibility index (Phi) is 2.48. The van der Waals surface area contributed by atoms with E-state index in [4.69, 9.17) is 4.52 Å². The van der Waals surface area contributed by atoms with Crippen molar-refractivity contribution in [3.63, 3.8) is 0 Å². The molecule has 0 bridgehead atoms. The monoisotopic (exact) mass is 308 g/mol. The summed E-state index contributed by atoms with van der Waals surface area (Å²) in [6.07, 6.45) is 1.08. The largest absolute Gasteiger partial charge is 0.507 e. The average Bonchev–Trinajstić information content (AvgIpc) is 2.74. The van der Waals surface area contributed by atoms with E-state index in [0.717, 1.165) is 16.7 Å². The third-order valence-corrected chi connectivity index (χ3v) is 3.95. The Morgan fingerprint density at radius 2 is 2.17 bits per heavy atom. The molecule has 2 aromatic rings. The van der Waals surface area contributed by atoms with Gasteiger partial charge < -0.3 is 9.63 Å². The molecule has 5 heteroatoms. The first-order valence-electron chi connectivity index (χ1n) is 5.80. The van der Waals surface area contributed by atoms with Crippen molar-refractivity contribution in [2.24, 2.45) is 5.41 Å². The minimum atomic E-state index is 0.134. The number of aromatic nitrogens is 2. The Labute approximate surface area is 113 Å². The molecule has 1 saturated carbocycles. The van der Waals surface area contributed by atoms with Crippen LogP contribution in [0.5, 0.6) is 5.75 Å². The number of benzene rings is 1. The van der Waals surface area contributed by atoms with E-state index in [1.165, 1.54) is 0 Å². The highest BCUT2D eigenvalue weighted by Crippen LogP contribution is 2.57. The zero-order valence-electron chi connectivity index (χ0n) is 10.1. The third-order valence-electron chi connectivity index (χ3n) is 3.46. The van der Waals surface area contributed by atoms with Gasteiger partial charge in [0, 0.05) is 10.4 Å². The minimum absolute atomic E-state index is 0.134. The summed E-state index contributed by atoms with van der Waals surface area (Å²) in [5.74, 6) is 1.61. The molecule has 0 spiro atoms. The summed E-state index contributed by atoms with van der Waals surface area (Å²) in [6.45, 7) is 4.37. The Morgan fingerprint density at radius 3 is 2.78 bits per heavy atom. The topological polar surface area (TPSA) is 59.2 Å². The molecule has 1 N–H and O–H groups in total. The first-order chi connectivity index (χ1) is 8.47. The van der Waals surface area contributed by atoms with Crippen LogP contribution in [-0.2, 0) is 0 Å². The second kappa shape index (κ2) is 3.82. The molecule has 1 aliphatic rings. The third kappa shape index (κ3) is 1.92. The van der Waals surface area contributed by atoms with Gasteiger partial charge in [-0.2, -0.15) is 4.98 Å². The quantitative estimate of drug-likeness (QED) is 0.918. The van der Waals surface area contributed by atoms with Crippen LogP contribution in [-0.4, -0.2) is 15.2 Å². The van der Waals surface area contributed by atoms with Crippen molar-refractivity contribution in [3.8, 4) is 17.2 Å². The van der Waals surface area contributed by atoms with Gasteiger partial charge in [0.1, 0.15) is 5.75 Å². The molecule has 0 radical (unpaired) electrons. The number of phenolic OH excluding ortho intramolecular Hbond substituents is 1. The van der Waals surface area contributed by atoms with Gasteiger partial charge >= 0.3 is 0 Å². The van der Waals surface area contributed by atoms with Crippen molar-refractivity contribution in [1.82, 2.24) is 10.1 Å². The summed E-state index contributed by atoms with van der Waals surface area (Å²) in [4.78, 5) is 4.38. The highest BCUT2D eigenvalue weighted by molar-refractivity contribution is 9.10. The summed E-state index contributed by atoms with van der Waals surface area (Å²) < 4.78 is 6.04. The normalized spacial score (nSPS) is 20.9. The van der Waals surface area contributed by atoms with Crippen LogP contribution >= 0.6 is 15.9 Å². The Balaban J connectivity index is 1.94. The van der Waals surface area contributed by atoms with E-state index in [1.807, 2.05) is 6.07 Å². The first kappa shape index (κ1) is 11.7. The number of phenols is 1. The minimum Gasteiger partial charge on any atom is -0.507 e. The van der Waals surface area contributed by atoms with Gasteiger partial charge in [0.2, 0.25) is 0 Å². The summed E-state index contributed by atoms with van der Waals surface area (Å²) >= 11 is 3.30. The van der Waals surface area contributed by atoms with Gasteiger partial charge in [0.05, 0.1) is 5.56 Å². The van der Waals surface area contributed by atoms with Crippen LogP contribution in [0.2, 0.25) is 0 Å². The van der Waals surface area contributed by atoms with E-state index in [1.54, 1.807) is 12.1 Å². The predicted molar refractivity (Wildman–Crippen MR) is 70.2 cm³/mol. The molecule has 94 valence electrons. The SMILES string of the molecule is CC1(C)CC1c1noc(-c2ccc(Br)cc2O)n1. The summed E-state index contributed by atoms with van der Waals surface area (Å²) in [6, 6.07) is 5.20. The molecule has 4 nitrogen and oxygen atoms in total. The van der Waals surface area contributed by atoms with Gasteiger partial charge in [0.15, 0.2) is 5.82 Å². The lowest BCUT2D eigenvalue weighted by atomic mass is 10.1. The zero-order valence-corrected chi connectivity index (χ0v) is 11.7. The van der Waals surface area contributed by atoms with Gasteiger partial charge in [-0.1, -0.05) is 34.9 Å². The van der Waals surface area contributed by atoms with Crippen LogP contribution in [0.15, 0.2) is 27.2 Å².